The molecule has 6 heteroatoms. The number of nitrogens with one attached hydrogen (secondary N) is 2. The molecule has 0 aromatic heterocycles. The van der Waals surface area contributed by atoms with Crippen LogP contribution in [0.1, 0.15) is 51.9 Å². The van der Waals surface area contributed by atoms with Crippen LogP contribution in [0.3, 0.4) is 0 Å². The summed E-state index contributed by atoms with van der Waals surface area (Å²) in [7, 11) is -3.28. The van der Waals surface area contributed by atoms with Crippen LogP contribution in [0.4, 0.5) is 0 Å². The molecule has 1 atom stereocenters. The Hall–Kier alpha value is -0.170. The minimum atomic E-state index is -3.28. The largest absolute Gasteiger partial charge is 0.314 e. The lowest BCUT2D eigenvalue weighted by atomic mass is 9.81. The molecule has 2 saturated carbocycles. The van der Waals surface area contributed by atoms with E-state index in [1.54, 1.807) is 4.31 Å². The molecule has 0 bridgehead atoms. The summed E-state index contributed by atoms with van der Waals surface area (Å²) in [6.45, 7) is 4.41. The lowest BCUT2D eigenvalue weighted by Crippen LogP contribution is -2.50. The Morgan fingerprint density at radius 1 is 1.10 bits per heavy atom. The van der Waals surface area contributed by atoms with E-state index in [-0.39, 0.29) is 6.04 Å². The Morgan fingerprint density at radius 3 is 2.29 bits per heavy atom. The van der Waals surface area contributed by atoms with E-state index in [4.69, 9.17) is 0 Å². The van der Waals surface area contributed by atoms with Gasteiger partial charge in [0.25, 0.3) is 10.2 Å². The summed E-state index contributed by atoms with van der Waals surface area (Å²) in [6.07, 6.45) is 8.18. The van der Waals surface area contributed by atoms with Crippen LogP contribution in [0, 0.1) is 11.8 Å². The first-order valence-corrected chi connectivity index (χ1v) is 9.99. The van der Waals surface area contributed by atoms with Crippen molar-refractivity contribution in [3.63, 3.8) is 0 Å². The summed E-state index contributed by atoms with van der Waals surface area (Å²) < 4.78 is 29.4. The molecule has 122 valence electrons. The molecular formula is C15H29N3O2S. The lowest BCUT2D eigenvalue weighted by molar-refractivity contribution is 0.242. The molecule has 5 nitrogen and oxygen atoms in total. The van der Waals surface area contributed by atoms with Gasteiger partial charge >= 0.3 is 0 Å². The van der Waals surface area contributed by atoms with Gasteiger partial charge in [0.1, 0.15) is 0 Å². The summed E-state index contributed by atoms with van der Waals surface area (Å²) in [5, 5.41) is 3.56. The monoisotopic (exact) mass is 315 g/mol. The molecule has 21 heavy (non-hydrogen) atoms. The summed E-state index contributed by atoms with van der Waals surface area (Å²) in [4.78, 5) is 0. The quantitative estimate of drug-likeness (QED) is 0.748. The third-order valence-corrected chi connectivity index (χ3v) is 7.09. The predicted octanol–water partition coefficient (Wildman–Crippen LogP) is 1.47. The highest BCUT2D eigenvalue weighted by atomic mass is 32.2. The first kappa shape index (κ1) is 15.7. The minimum absolute atomic E-state index is 0.0815. The Bertz CT molecular complexity index is 438. The zero-order valence-corrected chi connectivity index (χ0v) is 13.9. The summed E-state index contributed by atoms with van der Waals surface area (Å²) >= 11 is 0. The highest BCUT2D eigenvalue weighted by Crippen LogP contribution is 2.30. The van der Waals surface area contributed by atoms with Crippen molar-refractivity contribution in [3.05, 3.63) is 0 Å². The zero-order valence-electron chi connectivity index (χ0n) is 13.1. The Morgan fingerprint density at radius 2 is 1.76 bits per heavy atom. The number of piperidine rings is 1. The van der Waals surface area contributed by atoms with Crippen molar-refractivity contribution in [2.45, 2.75) is 64.0 Å². The van der Waals surface area contributed by atoms with Crippen LogP contribution in [0.2, 0.25) is 0 Å². The molecule has 3 rings (SSSR count). The van der Waals surface area contributed by atoms with Crippen molar-refractivity contribution in [1.29, 1.82) is 0 Å². The van der Waals surface area contributed by atoms with E-state index in [1.165, 1.54) is 32.1 Å². The smallest absolute Gasteiger partial charge is 0.279 e. The van der Waals surface area contributed by atoms with Gasteiger partial charge in [0, 0.05) is 25.2 Å². The van der Waals surface area contributed by atoms with E-state index >= 15 is 0 Å². The first-order chi connectivity index (χ1) is 10.0. The van der Waals surface area contributed by atoms with Crippen LogP contribution in [0.5, 0.6) is 0 Å². The molecule has 0 amide bonds. The van der Waals surface area contributed by atoms with Crippen LogP contribution in [0.25, 0.3) is 0 Å². The zero-order chi connectivity index (χ0) is 14.9. The van der Waals surface area contributed by atoms with Crippen molar-refractivity contribution in [1.82, 2.24) is 14.3 Å². The van der Waals surface area contributed by atoms with E-state index < -0.39 is 10.2 Å². The van der Waals surface area contributed by atoms with Crippen LogP contribution in [0.15, 0.2) is 0 Å². The van der Waals surface area contributed by atoms with Crippen molar-refractivity contribution in [2.75, 3.05) is 19.6 Å². The van der Waals surface area contributed by atoms with Crippen molar-refractivity contribution in [3.8, 4) is 0 Å². The third kappa shape index (κ3) is 4.18. The van der Waals surface area contributed by atoms with Crippen LogP contribution in [-0.2, 0) is 10.2 Å². The van der Waals surface area contributed by atoms with Gasteiger partial charge in [-0.25, -0.2) is 0 Å². The summed E-state index contributed by atoms with van der Waals surface area (Å²) in [5.41, 5.74) is 0. The van der Waals surface area contributed by atoms with Gasteiger partial charge in [-0.15, -0.1) is 0 Å². The number of rotatable bonds is 7. The molecule has 3 aliphatic rings. The predicted molar refractivity (Wildman–Crippen MR) is 84.2 cm³/mol. The molecule has 0 aromatic rings. The standard InChI is InChI=1S/C15H29N3O2S/c1-12(14-3-2-4-14)17-21(19,20)18-9-7-13(8-10-18)11-16-15-5-6-15/h12-17H,2-11H2,1H3. The maximum Gasteiger partial charge on any atom is 0.279 e. The van der Waals surface area contributed by atoms with E-state index in [0.29, 0.717) is 24.9 Å². The Balaban J connectivity index is 1.43. The highest BCUT2D eigenvalue weighted by molar-refractivity contribution is 7.87. The van der Waals surface area contributed by atoms with Gasteiger partial charge in [0.2, 0.25) is 0 Å². The van der Waals surface area contributed by atoms with Crippen molar-refractivity contribution in [2.24, 2.45) is 11.8 Å². The molecule has 3 fully saturated rings. The van der Waals surface area contributed by atoms with E-state index in [9.17, 15) is 8.42 Å². The summed E-state index contributed by atoms with van der Waals surface area (Å²) in [6, 6.07) is 0.828. The van der Waals surface area contributed by atoms with E-state index in [2.05, 4.69) is 10.0 Å². The molecular weight excluding hydrogens is 286 g/mol. The van der Waals surface area contributed by atoms with Gasteiger partial charge < -0.3 is 5.32 Å². The molecule has 1 aliphatic heterocycles. The molecule has 0 radical (unpaired) electrons. The molecule has 1 saturated heterocycles. The van der Waals surface area contributed by atoms with Crippen LogP contribution >= 0.6 is 0 Å². The van der Waals surface area contributed by atoms with Gasteiger partial charge in [-0.05, 0) is 63.8 Å². The van der Waals surface area contributed by atoms with E-state index in [0.717, 1.165) is 25.4 Å². The Kier molecular flexibility index (Phi) is 4.88. The average molecular weight is 315 g/mol. The van der Waals surface area contributed by atoms with Crippen LogP contribution in [-0.4, -0.2) is 44.4 Å². The molecule has 2 N–H and O–H groups in total. The van der Waals surface area contributed by atoms with Gasteiger partial charge in [0.15, 0.2) is 0 Å². The second kappa shape index (κ2) is 6.52. The second-order valence-electron chi connectivity index (χ2n) is 7.13. The fraction of sp³-hybridized carbons (Fsp3) is 1.00. The van der Waals surface area contributed by atoms with E-state index in [1.807, 2.05) is 6.92 Å². The lowest BCUT2D eigenvalue weighted by Gasteiger charge is -2.35. The molecule has 1 unspecified atom stereocenters. The second-order valence-corrected chi connectivity index (χ2v) is 8.83. The average Bonchev–Trinajstić information content (AvgIpc) is 3.18. The molecule has 1 heterocycles. The number of nitrogens with zero attached hydrogens (tertiary/aromatic N) is 1. The topological polar surface area (TPSA) is 61.4 Å². The fourth-order valence-electron chi connectivity index (χ4n) is 3.32. The molecule has 2 aliphatic carbocycles. The molecule has 0 spiro atoms. The van der Waals surface area contributed by atoms with Crippen LogP contribution < -0.4 is 10.0 Å². The summed E-state index contributed by atoms with van der Waals surface area (Å²) in [5.74, 6) is 1.18. The van der Waals surface area contributed by atoms with Gasteiger partial charge in [-0.3, -0.25) is 0 Å². The van der Waals surface area contributed by atoms with Gasteiger partial charge in [-0.1, -0.05) is 6.42 Å². The fourth-order valence-corrected chi connectivity index (χ4v) is 4.82. The van der Waals surface area contributed by atoms with Gasteiger partial charge in [-0.2, -0.15) is 17.4 Å². The van der Waals surface area contributed by atoms with Crippen molar-refractivity contribution < 1.29 is 8.42 Å². The Labute approximate surface area is 129 Å². The van der Waals surface area contributed by atoms with Crippen molar-refractivity contribution >= 4 is 10.2 Å². The normalized spacial score (nSPS) is 27.5. The number of hydrogen-bond acceptors (Lipinski definition) is 3. The minimum Gasteiger partial charge on any atom is -0.314 e. The number of hydrogen-bond donors (Lipinski definition) is 2. The molecule has 0 aromatic carbocycles. The SMILES string of the molecule is CC(NS(=O)(=O)N1CCC(CNC2CC2)CC1)C1CCC1. The van der Waals surface area contributed by atoms with Gasteiger partial charge in [0.05, 0.1) is 0 Å². The maximum atomic E-state index is 12.4. The first-order valence-electron chi connectivity index (χ1n) is 8.55. The highest BCUT2D eigenvalue weighted by Gasteiger charge is 2.32. The maximum absolute atomic E-state index is 12.4. The third-order valence-electron chi connectivity index (χ3n) is 5.38.